The number of carbonyl (C=O) groups excluding carboxylic acids is 4. The number of anilines is 1. The average molecular weight is 649 g/mol. The van der Waals surface area contributed by atoms with Gasteiger partial charge >= 0.3 is 17.9 Å². The molecule has 3 saturated heterocycles. The van der Waals surface area contributed by atoms with E-state index in [1.165, 1.54) is 43.5 Å². The number of ether oxygens (including phenoxy) is 2. The number of carboxylic acid groups (broad SMARTS) is 1. The van der Waals surface area contributed by atoms with Crippen molar-refractivity contribution in [1.82, 2.24) is 15.2 Å². The molecule has 4 N–H and O–H groups in total. The highest BCUT2D eigenvalue weighted by atomic mass is 32.2. The number of thiazole rings is 1. The number of non-ortho nitro benzene ring substituents is 1. The highest BCUT2D eigenvalue weighted by Crippen LogP contribution is 2.49. The predicted molar refractivity (Wildman–Crippen MR) is 151 cm³/mol. The first-order valence-corrected chi connectivity index (χ1v) is 14.8. The number of esters is 2. The second-order valence-corrected chi connectivity index (χ2v) is 12.5. The number of nitrogens with two attached hydrogens (primary N) is 1. The van der Waals surface area contributed by atoms with Crippen LogP contribution in [0.1, 0.15) is 31.5 Å². The highest BCUT2D eigenvalue weighted by Gasteiger charge is 2.71. The minimum absolute atomic E-state index is 0.0199. The summed E-state index contributed by atoms with van der Waals surface area (Å²) < 4.78 is 10.4. The fraction of sp³-hybridized carbons (Fsp3) is 0.400. The topological polar surface area (TPSA) is 243 Å². The molecule has 0 radical (unpaired) electrons. The van der Waals surface area contributed by atoms with Crippen molar-refractivity contribution in [2.75, 3.05) is 11.5 Å². The summed E-state index contributed by atoms with van der Waals surface area (Å²) in [5.41, 5.74) is 1.74. The van der Waals surface area contributed by atoms with Crippen molar-refractivity contribution in [3.63, 3.8) is 0 Å². The van der Waals surface area contributed by atoms with Crippen LogP contribution >= 0.6 is 23.1 Å². The van der Waals surface area contributed by atoms with Crippen LogP contribution in [-0.2, 0) is 44.9 Å². The molecule has 5 rings (SSSR count). The predicted octanol–water partition coefficient (Wildman–Crippen LogP) is 0.415. The summed E-state index contributed by atoms with van der Waals surface area (Å²) in [6.45, 7) is 2.44. The number of amides is 2. The van der Waals surface area contributed by atoms with E-state index in [0.717, 1.165) is 28.0 Å². The van der Waals surface area contributed by atoms with E-state index in [-0.39, 0.29) is 35.3 Å². The van der Waals surface area contributed by atoms with E-state index in [1.807, 2.05) is 0 Å². The quantitative estimate of drug-likeness (QED) is 0.104. The SMILES string of the molecule is CC(C)(O/N=C(/C(=O)N[C@@H]1C(=O)N2[C@@H]1CS[C@@H]1CC(=O)O[C@]12C(=O)O)c1csc(N)n1)C(=O)OCc1ccc([N+](=O)[O-])cc1. The smallest absolute Gasteiger partial charge is 0.371 e. The van der Waals surface area contributed by atoms with Crippen LogP contribution in [-0.4, -0.2) is 89.8 Å². The zero-order valence-electron chi connectivity index (χ0n) is 23.0. The number of rotatable bonds is 10. The lowest BCUT2D eigenvalue weighted by Crippen LogP contribution is -2.82. The van der Waals surface area contributed by atoms with E-state index in [1.54, 1.807) is 0 Å². The van der Waals surface area contributed by atoms with E-state index in [2.05, 4.69) is 15.5 Å². The lowest BCUT2D eigenvalue weighted by molar-refractivity contribution is -0.384. The van der Waals surface area contributed by atoms with Gasteiger partial charge < -0.3 is 30.5 Å². The van der Waals surface area contributed by atoms with Crippen molar-refractivity contribution in [2.24, 2.45) is 5.16 Å². The Hall–Kier alpha value is -4.78. The van der Waals surface area contributed by atoms with Crippen LogP contribution in [0.2, 0.25) is 0 Å². The van der Waals surface area contributed by atoms with Crippen molar-refractivity contribution in [3.05, 3.63) is 51.0 Å². The van der Waals surface area contributed by atoms with Gasteiger partial charge in [-0.2, -0.15) is 0 Å². The number of oxime groups is 1. The second kappa shape index (κ2) is 11.4. The van der Waals surface area contributed by atoms with E-state index in [0.29, 0.717) is 5.56 Å². The minimum Gasteiger partial charge on any atom is -0.477 e. The van der Waals surface area contributed by atoms with Crippen LogP contribution < -0.4 is 11.1 Å². The molecule has 17 nitrogen and oxygen atoms in total. The highest BCUT2D eigenvalue weighted by molar-refractivity contribution is 8.00. The van der Waals surface area contributed by atoms with Gasteiger partial charge in [0.05, 0.1) is 22.6 Å². The van der Waals surface area contributed by atoms with Gasteiger partial charge in [-0.1, -0.05) is 5.16 Å². The molecular formula is C25H24N6O11S2. The Bertz CT molecular complexity index is 1590. The van der Waals surface area contributed by atoms with Gasteiger partial charge in [0, 0.05) is 23.3 Å². The van der Waals surface area contributed by atoms with Crippen molar-refractivity contribution < 1.29 is 48.3 Å². The Morgan fingerprint density at radius 1 is 1.32 bits per heavy atom. The molecule has 232 valence electrons. The maximum absolute atomic E-state index is 13.4. The summed E-state index contributed by atoms with van der Waals surface area (Å²) in [6, 6.07) is 3.40. The number of benzene rings is 1. The monoisotopic (exact) mass is 648 g/mol. The van der Waals surface area contributed by atoms with E-state index < -0.39 is 69.0 Å². The average Bonchev–Trinajstić information content (AvgIpc) is 3.56. The molecule has 0 unspecified atom stereocenters. The molecule has 2 amide bonds. The van der Waals surface area contributed by atoms with Crippen LogP contribution in [0.5, 0.6) is 0 Å². The zero-order chi connectivity index (χ0) is 32.0. The Balaban J connectivity index is 1.29. The third-order valence-corrected chi connectivity index (χ3v) is 9.15. The normalized spacial score (nSPS) is 24.4. The molecule has 19 heteroatoms. The first kappa shape index (κ1) is 30.7. The van der Waals surface area contributed by atoms with Crippen LogP contribution in [0, 0.1) is 10.1 Å². The molecule has 2 aromatic rings. The third-order valence-electron chi connectivity index (χ3n) is 7.05. The van der Waals surface area contributed by atoms with E-state index >= 15 is 0 Å². The number of aliphatic carboxylic acids is 1. The molecule has 3 aliphatic heterocycles. The van der Waals surface area contributed by atoms with Crippen molar-refractivity contribution >= 4 is 69.4 Å². The summed E-state index contributed by atoms with van der Waals surface area (Å²) in [5.74, 6) is -4.57. The summed E-state index contributed by atoms with van der Waals surface area (Å²) in [6.07, 6.45) is -0.171. The lowest BCUT2D eigenvalue weighted by Gasteiger charge is -2.56. The molecule has 0 saturated carbocycles. The zero-order valence-corrected chi connectivity index (χ0v) is 24.6. The summed E-state index contributed by atoms with van der Waals surface area (Å²) in [5, 5.41) is 27.8. The fourth-order valence-corrected chi connectivity index (χ4v) is 6.83. The Labute approximate surface area is 255 Å². The van der Waals surface area contributed by atoms with Crippen molar-refractivity contribution in [3.8, 4) is 0 Å². The van der Waals surface area contributed by atoms with Crippen molar-refractivity contribution in [2.45, 2.75) is 55.5 Å². The number of fused-ring (bicyclic) bond motifs is 3. The molecule has 1 aromatic heterocycles. The van der Waals surface area contributed by atoms with Gasteiger partial charge in [-0.3, -0.25) is 29.4 Å². The van der Waals surface area contributed by atoms with Gasteiger partial charge in [0.25, 0.3) is 23.2 Å². The number of hydrogen-bond acceptors (Lipinski definition) is 15. The molecule has 3 aliphatic rings. The number of carbonyl (C=O) groups is 5. The number of thioether (sulfide) groups is 1. The molecule has 0 bridgehead atoms. The maximum atomic E-state index is 13.4. The number of carboxylic acids is 1. The van der Waals surface area contributed by atoms with Gasteiger partial charge in [0.2, 0.25) is 5.60 Å². The summed E-state index contributed by atoms with van der Waals surface area (Å²) >= 11 is 2.15. The molecule has 0 spiro atoms. The fourth-order valence-electron chi connectivity index (χ4n) is 4.77. The first-order chi connectivity index (χ1) is 20.7. The standard InChI is InChI=1S/C25H24N6O11S2/c1-24(2,22(37)40-8-11-3-5-12(6-4-11)31(38)39)42-29-17(13-9-44-23(26)27-13)19(33)28-18-14-10-43-15-7-16(32)41-25(15,21(35)36)30(14)20(18)34/h3-6,9,14-15,18H,7-8,10H2,1-2H3,(H2,26,27)(H,28,33)(H,35,36)/b29-17+/t14-,15-,18+,25+/m1/s1. The van der Waals surface area contributed by atoms with Crippen LogP contribution in [0.15, 0.2) is 34.8 Å². The molecule has 44 heavy (non-hydrogen) atoms. The van der Waals surface area contributed by atoms with Crippen LogP contribution in [0.25, 0.3) is 0 Å². The number of nitrogen functional groups attached to an aromatic ring is 1. The van der Waals surface area contributed by atoms with Gasteiger partial charge in [0.15, 0.2) is 10.8 Å². The molecular weight excluding hydrogens is 624 g/mol. The van der Waals surface area contributed by atoms with Crippen molar-refractivity contribution in [1.29, 1.82) is 0 Å². The number of nitrogens with zero attached hydrogens (tertiary/aromatic N) is 4. The van der Waals surface area contributed by atoms with E-state index in [9.17, 15) is 39.2 Å². The van der Waals surface area contributed by atoms with Gasteiger partial charge in [-0.25, -0.2) is 14.6 Å². The molecule has 0 aliphatic carbocycles. The van der Waals surface area contributed by atoms with Gasteiger partial charge in [-0.05, 0) is 31.5 Å². The summed E-state index contributed by atoms with van der Waals surface area (Å²) in [7, 11) is 0. The number of aromatic nitrogens is 1. The molecule has 3 fully saturated rings. The third kappa shape index (κ3) is 5.39. The number of nitro groups is 1. The Morgan fingerprint density at radius 3 is 2.64 bits per heavy atom. The number of hydrogen-bond donors (Lipinski definition) is 3. The number of nitro benzene ring substituents is 1. The van der Waals surface area contributed by atoms with Crippen LogP contribution in [0.3, 0.4) is 0 Å². The first-order valence-electron chi connectivity index (χ1n) is 12.8. The number of nitrogens with one attached hydrogen (secondary N) is 1. The van der Waals surface area contributed by atoms with Gasteiger partial charge in [0.1, 0.15) is 18.3 Å². The van der Waals surface area contributed by atoms with E-state index in [4.69, 9.17) is 20.0 Å². The minimum atomic E-state index is -2.16. The molecule has 4 atom stereocenters. The molecule has 4 heterocycles. The van der Waals surface area contributed by atoms with Crippen LogP contribution in [0.4, 0.5) is 10.8 Å². The Morgan fingerprint density at radius 2 is 2.02 bits per heavy atom. The van der Waals surface area contributed by atoms with Gasteiger partial charge in [-0.15, -0.1) is 23.1 Å². The second-order valence-electron chi connectivity index (χ2n) is 10.3. The largest absolute Gasteiger partial charge is 0.477 e. The molecule has 1 aromatic carbocycles. The lowest BCUT2D eigenvalue weighted by atomic mass is 9.89. The maximum Gasteiger partial charge on any atom is 0.371 e. The Kier molecular flexibility index (Phi) is 7.93. The number of β-lactam (4-membered cyclic amide) rings is 1. The summed E-state index contributed by atoms with van der Waals surface area (Å²) in [4.78, 5) is 84.1.